The number of hydrogen-bond donors (Lipinski definition) is 3. The maximum atomic E-state index is 12.8. The van der Waals surface area contributed by atoms with Gasteiger partial charge in [0.1, 0.15) is 6.04 Å². The fourth-order valence-corrected chi connectivity index (χ4v) is 4.28. The van der Waals surface area contributed by atoms with Gasteiger partial charge in [-0.3, -0.25) is 9.59 Å². The van der Waals surface area contributed by atoms with Gasteiger partial charge in [-0.1, -0.05) is 31.5 Å². The van der Waals surface area contributed by atoms with E-state index in [0.717, 1.165) is 18.4 Å². The molecule has 2 aromatic rings. The van der Waals surface area contributed by atoms with Crippen LogP contribution in [0.4, 0.5) is 5.69 Å². The molecule has 1 fully saturated rings. The van der Waals surface area contributed by atoms with Crippen LogP contribution in [0.15, 0.2) is 53.4 Å². The number of nitrogens with one attached hydrogen (secondary N) is 3. The highest BCUT2D eigenvalue weighted by Crippen LogP contribution is 2.23. The van der Waals surface area contributed by atoms with E-state index in [0.29, 0.717) is 11.3 Å². The predicted octanol–water partition coefficient (Wildman–Crippen LogP) is 2.83. The molecule has 0 bridgehead atoms. The van der Waals surface area contributed by atoms with E-state index in [2.05, 4.69) is 15.4 Å². The summed E-state index contributed by atoms with van der Waals surface area (Å²) >= 11 is 0. The van der Waals surface area contributed by atoms with Crippen LogP contribution in [0, 0.1) is 12.8 Å². The Hall–Kier alpha value is -2.71. The van der Waals surface area contributed by atoms with Crippen molar-refractivity contribution >= 4 is 27.5 Å². The molecule has 3 N–H and O–H groups in total. The number of hydrogen-bond acceptors (Lipinski definition) is 4. The first kappa shape index (κ1) is 22.0. The zero-order valence-electron chi connectivity index (χ0n) is 17.3. The predicted molar refractivity (Wildman–Crippen MR) is 116 cm³/mol. The number of amides is 2. The standard InChI is InChI=1S/C22H27N3O4S/c1-14(2)20(24-21(26)16-6-4-5-15(3)13-16)22(27)23-17-9-11-19(12-10-17)30(28,29)25-18-7-8-18/h4-6,9-14,18,20,25H,7-8H2,1-3H3,(H,23,27)(H,24,26)/t20-/m0/s1. The first-order valence-electron chi connectivity index (χ1n) is 9.96. The highest BCUT2D eigenvalue weighted by molar-refractivity contribution is 7.89. The Kier molecular flexibility index (Phi) is 6.58. The molecule has 1 aliphatic rings. The molecule has 0 unspecified atom stereocenters. The Bertz CT molecular complexity index is 1030. The Balaban J connectivity index is 1.66. The third-order valence-electron chi connectivity index (χ3n) is 4.85. The Labute approximate surface area is 177 Å². The van der Waals surface area contributed by atoms with Gasteiger partial charge in [0.2, 0.25) is 15.9 Å². The molecule has 0 heterocycles. The summed E-state index contributed by atoms with van der Waals surface area (Å²) in [6.45, 7) is 5.59. The zero-order chi connectivity index (χ0) is 21.9. The Morgan fingerprint density at radius 3 is 2.27 bits per heavy atom. The van der Waals surface area contributed by atoms with Crippen LogP contribution in [-0.4, -0.2) is 32.3 Å². The van der Waals surface area contributed by atoms with Crippen molar-refractivity contribution in [3.05, 3.63) is 59.7 Å². The van der Waals surface area contributed by atoms with Gasteiger partial charge in [-0.15, -0.1) is 0 Å². The quantitative estimate of drug-likeness (QED) is 0.600. The average Bonchev–Trinajstić information content (AvgIpc) is 3.49. The second kappa shape index (κ2) is 8.97. The molecule has 2 aromatic carbocycles. The van der Waals surface area contributed by atoms with Gasteiger partial charge in [0, 0.05) is 17.3 Å². The SMILES string of the molecule is Cc1cccc(C(=O)N[C@H](C(=O)Nc2ccc(S(=O)(=O)NC3CC3)cc2)C(C)C)c1. The summed E-state index contributed by atoms with van der Waals surface area (Å²) in [6, 6.07) is 12.4. The number of rotatable bonds is 8. The maximum absolute atomic E-state index is 12.8. The number of anilines is 1. The van der Waals surface area contributed by atoms with E-state index >= 15 is 0 Å². The third-order valence-corrected chi connectivity index (χ3v) is 6.38. The minimum Gasteiger partial charge on any atom is -0.340 e. The van der Waals surface area contributed by atoms with E-state index in [1.807, 2.05) is 26.8 Å². The van der Waals surface area contributed by atoms with Gasteiger partial charge in [-0.05, 0) is 62.1 Å². The van der Waals surface area contributed by atoms with Gasteiger partial charge < -0.3 is 10.6 Å². The zero-order valence-corrected chi connectivity index (χ0v) is 18.1. The van der Waals surface area contributed by atoms with Crippen molar-refractivity contribution in [2.45, 2.75) is 50.6 Å². The maximum Gasteiger partial charge on any atom is 0.251 e. The van der Waals surface area contributed by atoms with E-state index < -0.39 is 16.1 Å². The summed E-state index contributed by atoms with van der Waals surface area (Å²) in [4.78, 5) is 25.5. The van der Waals surface area contributed by atoms with E-state index in [9.17, 15) is 18.0 Å². The van der Waals surface area contributed by atoms with Crippen molar-refractivity contribution < 1.29 is 18.0 Å². The first-order chi connectivity index (χ1) is 14.2. The van der Waals surface area contributed by atoms with Crippen molar-refractivity contribution in [1.82, 2.24) is 10.0 Å². The summed E-state index contributed by atoms with van der Waals surface area (Å²) in [6.07, 6.45) is 1.72. The van der Waals surface area contributed by atoms with Gasteiger partial charge in [-0.2, -0.15) is 0 Å². The van der Waals surface area contributed by atoms with Crippen LogP contribution in [0.5, 0.6) is 0 Å². The van der Waals surface area contributed by atoms with Crippen LogP contribution < -0.4 is 15.4 Å². The number of carbonyl (C=O) groups excluding carboxylic acids is 2. The van der Waals surface area contributed by atoms with Crippen LogP contribution in [0.25, 0.3) is 0 Å². The van der Waals surface area contributed by atoms with Gasteiger partial charge in [0.25, 0.3) is 5.91 Å². The summed E-state index contributed by atoms with van der Waals surface area (Å²) in [5.74, 6) is -0.820. The minimum atomic E-state index is -3.54. The normalized spacial score (nSPS) is 14.9. The second-order valence-electron chi connectivity index (χ2n) is 7.97. The molecule has 1 aliphatic carbocycles. The molecule has 7 nitrogen and oxygen atoms in total. The van der Waals surface area contributed by atoms with Crippen LogP contribution in [0.3, 0.4) is 0 Å². The molecule has 2 amide bonds. The second-order valence-corrected chi connectivity index (χ2v) is 9.69. The molecule has 160 valence electrons. The molecule has 0 saturated heterocycles. The van der Waals surface area contributed by atoms with Gasteiger partial charge >= 0.3 is 0 Å². The fourth-order valence-electron chi connectivity index (χ4n) is 2.97. The van der Waals surface area contributed by atoms with Crippen LogP contribution in [-0.2, 0) is 14.8 Å². The molecule has 0 radical (unpaired) electrons. The van der Waals surface area contributed by atoms with E-state index in [1.165, 1.54) is 12.1 Å². The third kappa shape index (κ3) is 5.67. The molecule has 0 aliphatic heterocycles. The lowest BCUT2D eigenvalue weighted by Crippen LogP contribution is -2.47. The molecular formula is C22H27N3O4S. The van der Waals surface area contributed by atoms with Crippen molar-refractivity contribution in [3.63, 3.8) is 0 Å². The van der Waals surface area contributed by atoms with Gasteiger partial charge in [0.15, 0.2) is 0 Å². The monoisotopic (exact) mass is 429 g/mol. The topological polar surface area (TPSA) is 104 Å². The van der Waals surface area contributed by atoms with Crippen LogP contribution in [0.1, 0.15) is 42.6 Å². The fraction of sp³-hybridized carbons (Fsp3) is 0.364. The lowest BCUT2D eigenvalue weighted by molar-refractivity contribution is -0.118. The molecule has 0 spiro atoms. The Morgan fingerprint density at radius 2 is 1.70 bits per heavy atom. The summed E-state index contributed by atoms with van der Waals surface area (Å²) in [5, 5.41) is 5.54. The van der Waals surface area contributed by atoms with Crippen molar-refractivity contribution in [1.29, 1.82) is 0 Å². The highest BCUT2D eigenvalue weighted by atomic mass is 32.2. The smallest absolute Gasteiger partial charge is 0.251 e. The molecule has 8 heteroatoms. The van der Waals surface area contributed by atoms with Gasteiger partial charge in [0.05, 0.1) is 4.90 Å². The molecule has 3 rings (SSSR count). The van der Waals surface area contributed by atoms with Crippen LogP contribution in [0.2, 0.25) is 0 Å². The average molecular weight is 430 g/mol. The van der Waals surface area contributed by atoms with Crippen molar-refractivity contribution in [2.75, 3.05) is 5.32 Å². The first-order valence-corrected chi connectivity index (χ1v) is 11.4. The molecular weight excluding hydrogens is 402 g/mol. The molecule has 30 heavy (non-hydrogen) atoms. The summed E-state index contributed by atoms with van der Waals surface area (Å²) in [7, 11) is -3.54. The highest BCUT2D eigenvalue weighted by Gasteiger charge is 2.28. The molecule has 1 atom stereocenters. The number of sulfonamides is 1. The van der Waals surface area contributed by atoms with Crippen molar-refractivity contribution in [2.24, 2.45) is 5.92 Å². The van der Waals surface area contributed by atoms with Crippen molar-refractivity contribution in [3.8, 4) is 0 Å². The molecule has 1 saturated carbocycles. The van der Waals surface area contributed by atoms with E-state index in [4.69, 9.17) is 0 Å². The summed E-state index contributed by atoms with van der Waals surface area (Å²) < 4.78 is 27.1. The number of aryl methyl sites for hydroxylation is 1. The minimum absolute atomic E-state index is 0.0261. The lowest BCUT2D eigenvalue weighted by atomic mass is 10.0. The van der Waals surface area contributed by atoms with Crippen LogP contribution >= 0.6 is 0 Å². The number of carbonyl (C=O) groups is 2. The lowest BCUT2D eigenvalue weighted by Gasteiger charge is -2.22. The van der Waals surface area contributed by atoms with E-state index in [1.54, 1.807) is 30.3 Å². The molecule has 0 aromatic heterocycles. The van der Waals surface area contributed by atoms with Gasteiger partial charge in [-0.25, -0.2) is 13.1 Å². The summed E-state index contributed by atoms with van der Waals surface area (Å²) in [5.41, 5.74) is 1.91. The van der Waals surface area contributed by atoms with E-state index in [-0.39, 0.29) is 28.7 Å². The number of benzene rings is 2. The largest absolute Gasteiger partial charge is 0.340 e. The Morgan fingerprint density at radius 1 is 1.03 bits per heavy atom.